The number of hydrogen-bond donors (Lipinski definition) is 1. The summed E-state index contributed by atoms with van der Waals surface area (Å²) in [4.78, 5) is 18.6. The first-order valence-electron chi connectivity index (χ1n) is 6.67. The molecule has 5 nitrogen and oxygen atoms in total. The van der Waals surface area contributed by atoms with Gasteiger partial charge in [-0.1, -0.05) is 6.92 Å². The summed E-state index contributed by atoms with van der Waals surface area (Å²) >= 11 is 0. The number of aliphatic hydroxyl groups is 1. The highest BCUT2D eigenvalue weighted by atomic mass is 16.3. The van der Waals surface area contributed by atoms with E-state index in [0.29, 0.717) is 17.8 Å². The average molecular weight is 249 g/mol. The highest BCUT2D eigenvalue weighted by Crippen LogP contribution is 2.34. The lowest BCUT2D eigenvalue weighted by Gasteiger charge is -2.25. The Balaban J connectivity index is 1.97. The number of aliphatic hydroxyl groups excluding tert-OH is 1. The lowest BCUT2D eigenvalue weighted by atomic mass is 10.0. The molecule has 2 atom stereocenters. The minimum atomic E-state index is -0.00690. The van der Waals surface area contributed by atoms with Gasteiger partial charge in [-0.2, -0.15) is 0 Å². The maximum Gasteiger partial charge on any atom is 0.293 e. The lowest BCUT2D eigenvalue weighted by molar-refractivity contribution is 0.244. The average Bonchev–Trinajstić information content (AvgIpc) is 3.13. The van der Waals surface area contributed by atoms with Crippen LogP contribution in [-0.4, -0.2) is 33.9 Å². The van der Waals surface area contributed by atoms with Crippen LogP contribution in [0.25, 0.3) is 0 Å². The van der Waals surface area contributed by atoms with E-state index >= 15 is 0 Å². The van der Waals surface area contributed by atoms with Crippen LogP contribution in [0.1, 0.15) is 32.2 Å². The maximum atomic E-state index is 12.4. The van der Waals surface area contributed by atoms with Crippen molar-refractivity contribution >= 4 is 5.82 Å². The van der Waals surface area contributed by atoms with E-state index in [4.69, 9.17) is 0 Å². The Kier molecular flexibility index (Phi) is 2.86. The maximum absolute atomic E-state index is 12.4. The molecule has 0 amide bonds. The van der Waals surface area contributed by atoms with Crippen LogP contribution in [0.15, 0.2) is 17.2 Å². The quantitative estimate of drug-likeness (QED) is 0.860. The van der Waals surface area contributed by atoms with E-state index in [-0.39, 0.29) is 18.2 Å². The van der Waals surface area contributed by atoms with Crippen LogP contribution in [0.3, 0.4) is 0 Å². The van der Waals surface area contributed by atoms with Crippen LogP contribution in [0.5, 0.6) is 0 Å². The van der Waals surface area contributed by atoms with Gasteiger partial charge in [-0.25, -0.2) is 4.98 Å². The van der Waals surface area contributed by atoms with E-state index in [9.17, 15) is 9.90 Å². The molecule has 1 aromatic heterocycles. The summed E-state index contributed by atoms with van der Waals surface area (Å²) in [6.45, 7) is 3.01. The van der Waals surface area contributed by atoms with Crippen molar-refractivity contribution in [2.24, 2.45) is 5.92 Å². The molecule has 18 heavy (non-hydrogen) atoms. The van der Waals surface area contributed by atoms with Crippen LogP contribution < -0.4 is 10.5 Å². The van der Waals surface area contributed by atoms with E-state index in [1.807, 2.05) is 4.90 Å². The van der Waals surface area contributed by atoms with Gasteiger partial charge in [0, 0.05) is 25.0 Å². The molecular weight excluding hydrogens is 230 g/mol. The molecule has 0 radical (unpaired) electrons. The molecule has 0 bridgehead atoms. The number of nitrogens with zero attached hydrogens (tertiary/aromatic N) is 3. The Morgan fingerprint density at radius 2 is 2.22 bits per heavy atom. The molecule has 1 aromatic rings. The molecule has 1 saturated carbocycles. The van der Waals surface area contributed by atoms with Gasteiger partial charge in [0.25, 0.3) is 5.56 Å². The second-order valence-corrected chi connectivity index (χ2v) is 5.40. The van der Waals surface area contributed by atoms with Crippen molar-refractivity contribution in [3.05, 3.63) is 22.7 Å². The van der Waals surface area contributed by atoms with Crippen molar-refractivity contribution in [3.8, 4) is 0 Å². The fourth-order valence-electron chi connectivity index (χ4n) is 2.80. The predicted octanol–water partition coefficient (Wildman–Crippen LogP) is 0.785. The molecule has 98 valence electrons. The van der Waals surface area contributed by atoms with E-state index in [0.717, 1.165) is 25.8 Å². The molecule has 3 rings (SSSR count). The molecule has 0 aromatic carbocycles. The van der Waals surface area contributed by atoms with Crippen molar-refractivity contribution in [1.82, 2.24) is 9.55 Å². The van der Waals surface area contributed by atoms with Gasteiger partial charge < -0.3 is 14.6 Å². The Morgan fingerprint density at radius 3 is 2.89 bits per heavy atom. The molecule has 2 aliphatic rings. The summed E-state index contributed by atoms with van der Waals surface area (Å²) in [7, 11) is 0. The first kappa shape index (κ1) is 11.7. The Bertz CT molecular complexity index is 495. The van der Waals surface area contributed by atoms with Gasteiger partial charge in [-0.05, 0) is 25.2 Å². The Hall–Kier alpha value is -1.36. The second-order valence-electron chi connectivity index (χ2n) is 5.40. The number of aromatic nitrogens is 2. The van der Waals surface area contributed by atoms with Crippen LogP contribution in [0.4, 0.5) is 5.82 Å². The van der Waals surface area contributed by atoms with Gasteiger partial charge >= 0.3 is 0 Å². The van der Waals surface area contributed by atoms with Gasteiger partial charge in [0.15, 0.2) is 5.82 Å². The van der Waals surface area contributed by atoms with Crippen LogP contribution in [0, 0.1) is 5.92 Å². The molecule has 2 heterocycles. The molecule has 1 N–H and O–H groups in total. The minimum Gasteiger partial charge on any atom is -0.394 e. The van der Waals surface area contributed by atoms with Gasteiger partial charge in [0.05, 0.1) is 12.6 Å². The number of anilines is 1. The van der Waals surface area contributed by atoms with Crippen molar-refractivity contribution < 1.29 is 5.11 Å². The van der Waals surface area contributed by atoms with Crippen LogP contribution in [0.2, 0.25) is 0 Å². The fraction of sp³-hybridized carbons (Fsp3) is 0.692. The first-order valence-corrected chi connectivity index (χ1v) is 6.67. The lowest BCUT2D eigenvalue weighted by Crippen LogP contribution is -2.40. The van der Waals surface area contributed by atoms with Crippen LogP contribution >= 0.6 is 0 Å². The van der Waals surface area contributed by atoms with Gasteiger partial charge in [0.1, 0.15) is 0 Å². The molecule has 2 fully saturated rings. The molecule has 2 unspecified atom stereocenters. The molecule has 5 heteroatoms. The number of rotatable bonds is 3. The third kappa shape index (κ3) is 1.82. The van der Waals surface area contributed by atoms with Crippen molar-refractivity contribution in [2.45, 2.75) is 38.3 Å². The fourth-order valence-corrected chi connectivity index (χ4v) is 2.80. The summed E-state index contributed by atoms with van der Waals surface area (Å²) in [6, 6.07) is 0.395. The van der Waals surface area contributed by atoms with E-state index in [1.54, 1.807) is 17.0 Å². The van der Waals surface area contributed by atoms with Gasteiger partial charge in [0.2, 0.25) is 0 Å². The molecule has 1 aliphatic carbocycles. The topological polar surface area (TPSA) is 58.4 Å². The van der Waals surface area contributed by atoms with E-state index < -0.39 is 0 Å². The zero-order valence-electron chi connectivity index (χ0n) is 10.6. The Labute approximate surface area is 106 Å². The highest BCUT2D eigenvalue weighted by Gasteiger charge is 2.34. The third-order valence-corrected chi connectivity index (χ3v) is 4.13. The largest absolute Gasteiger partial charge is 0.394 e. The van der Waals surface area contributed by atoms with E-state index in [2.05, 4.69) is 11.9 Å². The van der Waals surface area contributed by atoms with Gasteiger partial charge in [-0.3, -0.25) is 4.79 Å². The second kappa shape index (κ2) is 4.39. The van der Waals surface area contributed by atoms with Crippen LogP contribution in [-0.2, 0) is 0 Å². The predicted molar refractivity (Wildman–Crippen MR) is 68.8 cm³/mol. The molecule has 0 spiro atoms. The normalized spacial score (nSPS) is 27.8. The summed E-state index contributed by atoms with van der Waals surface area (Å²) < 4.78 is 1.79. The minimum absolute atomic E-state index is 0.00690. The van der Waals surface area contributed by atoms with Crippen molar-refractivity contribution in [2.75, 3.05) is 18.1 Å². The molecule has 1 aliphatic heterocycles. The smallest absolute Gasteiger partial charge is 0.293 e. The van der Waals surface area contributed by atoms with Gasteiger partial charge in [-0.15, -0.1) is 0 Å². The summed E-state index contributed by atoms with van der Waals surface area (Å²) in [5.74, 6) is 0.915. The van der Waals surface area contributed by atoms with Crippen molar-refractivity contribution in [3.63, 3.8) is 0 Å². The van der Waals surface area contributed by atoms with E-state index in [1.165, 1.54) is 0 Å². The monoisotopic (exact) mass is 249 g/mol. The summed E-state index contributed by atoms with van der Waals surface area (Å²) in [6.07, 6.45) is 6.65. The molecular formula is C13H19N3O2. The zero-order chi connectivity index (χ0) is 12.7. The summed E-state index contributed by atoms with van der Waals surface area (Å²) in [5.41, 5.74) is -0.00690. The highest BCUT2D eigenvalue weighted by molar-refractivity contribution is 5.39. The van der Waals surface area contributed by atoms with Crippen molar-refractivity contribution in [1.29, 1.82) is 0 Å². The molecule has 1 saturated heterocycles. The third-order valence-electron chi connectivity index (χ3n) is 4.13. The SMILES string of the molecule is CC1CCN(c2nccn(C3CC3)c2=O)C1CO. The zero-order valence-corrected chi connectivity index (χ0v) is 10.6. The standard InChI is InChI=1S/C13H19N3O2/c1-9-4-6-16(11(9)8-17)12-13(18)15(7-5-14-12)10-2-3-10/h5,7,9-11,17H,2-4,6,8H2,1H3. The summed E-state index contributed by atoms with van der Waals surface area (Å²) in [5, 5.41) is 9.47. The number of hydrogen-bond acceptors (Lipinski definition) is 4. The Morgan fingerprint density at radius 1 is 1.44 bits per heavy atom. The first-order chi connectivity index (χ1) is 8.72.